The van der Waals surface area contributed by atoms with E-state index in [0.29, 0.717) is 82.5 Å². The standard InChI is InChI=1S/C37H44F2N4O3SSi/c1-8-47(44,45)37-41-35-32-30(16-14-26-21-46-19-10-18-43(26)36(32)42-37)40-34(33(35)39)28-12-9-11-25-13-15-29(38)27(31(25)28)17-20-48(22(2)3,23(4)5)24(6)7/h9,11-13,15,22-24,26H,8,10,14,16,18-19,21H2,1-7H3/t26-/m0/s1. The zero-order valence-corrected chi connectivity index (χ0v) is 30.6. The highest BCUT2D eigenvalue weighted by Gasteiger charge is 2.42. The Balaban J connectivity index is 1.67. The van der Waals surface area contributed by atoms with Crippen LogP contribution >= 0.6 is 0 Å². The first kappa shape index (κ1) is 34.4. The minimum absolute atomic E-state index is 0.00493. The molecule has 11 heteroatoms. The summed E-state index contributed by atoms with van der Waals surface area (Å²) < 4.78 is 65.3. The molecule has 1 fully saturated rings. The van der Waals surface area contributed by atoms with Gasteiger partial charge in [0.2, 0.25) is 15.0 Å². The van der Waals surface area contributed by atoms with Gasteiger partial charge in [0.05, 0.1) is 35.0 Å². The van der Waals surface area contributed by atoms with Crippen molar-refractivity contribution in [2.24, 2.45) is 0 Å². The Morgan fingerprint density at radius 2 is 1.73 bits per heavy atom. The van der Waals surface area contributed by atoms with Gasteiger partial charge in [0.15, 0.2) is 5.82 Å². The third-order valence-corrected chi connectivity index (χ3v) is 18.2. The van der Waals surface area contributed by atoms with Crippen molar-refractivity contribution in [2.75, 3.05) is 30.4 Å². The fraction of sp³-hybridized carbons (Fsp3) is 0.486. The molecule has 4 aromatic rings. The summed E-state index contributed by atoms with van der Waals surface area (Å²) in [5.74, 6) is 2.21. The van der Waals surface area contributed by atoms with Gasteiger partial charge in [0.1, 0.15) is 30.9 Å². The number of nitrogens with zero attached hydrogens (tertiary/aromatic N) is 4. The SMILES string of the molecule is CCS(=O)(=O)c1nc2c3c(nc(-c4cccc5ccc(F)c(C#C[Si](C(C)C)(C(C)C)C(C)C)c45)c(F)c3n1)CC[C@H]1COCCCN21. The second-order valence-electron chi connectivity index (χ2n) is 14.0. The van der Waals surface area contributed by atoms with Crippen molar-refractivity contribution in [1.82, 2.24) is 15.0 Å². The Kier molecular flexibility index (Phi) is 9.39. The molecule has 0 N–H and O–H groups in total. The van der Waals surface area contributed by atoms with Gasteiger partial charge in [-0.05, 0) is 47.3 Å². The minimum Gasteiger partial charge on any atom is -0.379 e. The van der Waals surface area contributed by atoms with Crippen molar-refractivity contribution in [3.05, 3.63) is 53.2 Å². The van der Waals surface area contributed by atoms with E-state index in [-0.39, 0.29) is 28.6 Å². The van der Waals surface area contributed by atoms with E-state index < -0.39 is 34.7 Å². The lowest BCUT2D eigenvalue weighted by Crippen LogP contribution is -2.43. The third kappa shape index (κ3) is 5.69. The first-order valence-electron chi connectivity index (χ1n) is 17.0. The Morgan fingerprint density at radius 1 is 1.00 bits per heavy atom. The average molecular weight is 691 g/mol. The van der Waals surface area contributed by atoms with E-state index in [1.165, 1.54) is 13.0 Å². The monoisotopic (exact) mass is 690 g/mol. The Bertz CT molecular complexity index is 2050. The molecule has 2 aromatic carbocycles. The molecule has 0 radical (unpaired) electrons. The summed E-state index contributed by atoms with van der Waals surface area (Å²) in [7, 11) is -6.12. The average Bonchev–Trinajstić information content (AvgIpc) is 3.37. The first-order valence-corrected chi connectivity index (χ1v) is 20.9. The third-order valence-electron chi connectivity index (χ3n) is 10.4. The van der Waals surface area contributed by atoms with Gasteiger partial charge in [0, 0.05) is 24.1 Å². The number of aromatic nitrogens is 3. The van der Waals surface area contributed by atoms with Crippen LogP contribution in [0.1, 0.15) is 72.6 Å². The molecule has 1 saturated heterocycles. The van der Waals surface area contributed by atoms with Crippen LogP contribution in [-0.2, 0) is 21.0 Å². The quantitative estimate of drug-likeness (QED) is 0.115. The molecule has 6 rings (SSSR count). The number of fused-ring (bicyclic) bond motifs is 3. The van der Waals surface area contributed by atoms with Gasteiger partial charge in [-0.2, -0.15) is 0 Å². The number of rotatable bonds is 6. The number of hydrogen-bond donors (Lipinski definition) is 0. The topological polar surface area (TPSA) is 85.3 Å². The number of halogens is 2. The second kappa shape index (κ2) is 13.1. The van der Waals surface area contributed by atoms with E-state index in [2.05, 4.69) is 63.0 Å². The van der Waals surface area contributed by atoms with Crippen molar-refractivity contribution in [3.63, 3.8) is 0 Å². The van der Waals surface area contributed by atoms with Crippen LogP contribution in [-0.4, -0.2) is 63.0 Å². The highest BCUT2D eigenvalue weighted by Crippen LogP contribution is 2.43. The van der Waals surface area contributed by atoms with Crippen LogP contribution in [0.25, 0.3) is 32.9 Å². The summed E-state index contributed by atoms with van der Waals surface area (Å²) in [4.78, 5) is 15.9. The fourth-order valence-electron chi connectivity index (χ4n) is 7.97. The molecule has 1 atom stereocenters. The van der Waals surface area contributed by atoms with E-state index in [1.54, 1.807) is 18.2 Å². The van der Waals surface area contributed by atoms with Crippen molar-refractivity contribution in [2.45, 2.75) is 95.6 Å². The molecule has 0 bridgehead atoms. The van der Waals surface area contributed by atoms with Crippen LogP contribution < -0.4 is 4.90 Å². The molecule has 48 heavy (non-hydrogen) atoms. The van der Waals surface area contributed by atoms with E-state index in [0.717, 1.165) is 6.42 Å². The largest absolute Gasteiger partial charge is 0.379 e. The summed E-state index contributed by atoms with van der Waals surface area (Å²) >= 11 is 0. The van der Waals surface area contributed by atoms with E-state index >= 15 is 8.78 Å². The van der Waals surface area contributed by atoms with Crippen LogP contribution in [0.2, 0.25) is 16.6 Å². The molecule has 2 aliphatic heterocycles. The van der Waals surface area contributed by atoms with Gasteiger partial charge in [-0.15, -0.1) is 5.54 Å². The summed E-state index contributed by atoms with van der Waals surface area (Å²) in [6.07, 6.45) is 1.87. The van der Waals surface area contributed by atoms with Gasteiger partial charge in [-0.3, -0.25) is 0 Å². The normalized spacial score (nSPS) is 17.1. The molecule has 4 heterocycles. The highest BCUT2D eigenvalue weighted by atomic mass is 32.2. The number of ether oxygens (including phenoxy) is 1. The lowest BCUT2D eigenvalue weighted by molar-refractivity contribution is 0.132. The van der Waals surface area contributed by atoms with Crippen LogP contribution in [0, 0.1) is 23.1 Å². The number of hydrogen-bond acceptors (Lipinski definition) is 7. The molecule has 0 saturated carbocycles. The summed E-state index contributed by atoms with van der Waals surface area (Å²) in [6.45, 7) is 16.4. The van der Waals surface area contributed by atoms with E-state index in [1.807, 2.05) is 11.0 Å². The van der Waals surface area contributed by atoms with Crippen LogP contribution in [0.4, 0.5) is 14.6 Å². The molecule has 254 valence electrons. The van der Waals surface area contributed by atoms with Crippen LogP contribution in [0.5, 0.6) is 0 Å². The highest BCUT2D eigenvalue weighted by molar-refractivity contribution is 7.91. The molecular weight excluding hydrogens is 647 g/mol. The Labute approximate surface area is 283 Å². The number of benzene rings is 2. The van der Waals surface area contributed by atoms with Crippen molar-refractivity contribution >= 4 is 45.4 Å². The number of pyridine rings is 1. The smallest absolute Gasteiger partial charge is 0.249 e. The first-order chi connectivity index (χ1) is 22.8. The molecule has 0 amide bonds. The van der Waals surface area contributed by atoms with Gasteiger partial charge in [-0.25, -0.2) is 32.2 Å². The summed E-state index contributed by atoms with van der Waals surface area (Å²) in [6, 6.07) is 8.41. The predicted molar refractivity (Wildman–Crippen MR) is 191 cm³/mol. The Hall–Kier alpha value is -3.46. The molecular formula is C37H44F2N4O3SSi. The Morgan fingerprint density at radius 3 is 2.42 bits per heavy atom. The summed E-state index contributed by atoms with van der Waals surface area (Å²) in [5, 5.41) is 1.20. The maximum absolute atomic E-state index is 17.1. The molecule has 7 nitrogen and oxygen atoms in total. The number of anilines is 1. The van der Waals surface area contributed by atoms with E-state index in [4.69, 9.17) is 9.72 Å². The molecule has 2 aliphatic rings. The maximum atomic E-state index is 17.1. The zero-order valence-electron chi connectivity index (χ0n) is 28.8. The number of aryl methyl sites for hydroxylation is 1. The molecule has 0 unspecified atom stereocenters. The predicted octanol–water partition coefficient (Wildman–Crippen LogP) is 8.03. The van der Waals surface area contributed by atoms with Crippen molar-refractivity contribution < 1.29 is 21.9 Å². The minimum atomic E-state index is -3.89. The second-order valence-corrected chi connectivity index (χ2v) is 21.7. The number of sulfone groups is 1. The van der Waals surface area contributed by atoms with Crippen LogP contribution in [0.3, 0.4) is 0 Å². The lowest BCUT2D eigenvalue weighted by atomic mass is 9.95. The summed E-state index contributed by atoms with van der Waals surface area (Å²) in [5.41, 5.74) is 5.77. The molecule has 2 aromatic heterocycles. The van der Waals surface area contributed by atoms with Gasteiger partial charge in [0.25, 0.3) is 0 Å². The van der Waals surface area contributed by atoms with Crippen LogP contribution in [0.15, 0.2) is 35.5 Å². The zero-order chi connectivity index (χ0) is 34.5. The van der Waals surface area contributed by atoms with Crippen molar-refractivity contribution in [1.29, 1.82) is 0 Å². The van der Waals surface area contributed by atoms with Gasteiger partial charge in [-0.1, -0.05) is 78.7 Å². The van der Waals surface area contributed by atoms with Gasteiger partial charge >= 0.3 is 0 Å². The maximum Gasteiger partial charge on any atom is 0.249 e. The van der Waals surface area contributed by atoms with Crippen molar-refractivity contribution in [3.8, 4) is 22.7 Å². The molecule has 0 aliphatic carbocycles. The fourth-order valence-corrected chi connectivity index (χ4v) is 13.9. The lowest BCUT2D eigenvalue weighted by Gasteiger charge is -2.38. The molecule has 0 spiro atoms. The van der Waals surface area contributed by atoms with E-state index in [9.17, 15) is 8.42 Å². The van der Waals surface area contributed by atoms with Gasteiger partial charge < -0.3 is 9.64 Å².